The minimum absolute atomic E-state index is 0.0494. The molecule has 1 aliphatic heterocycles. The Hall–Kier alpha value is -3.23. The average Bonchev–Trinajstić information content (AvgIpc) is 3.36. The van der Waals surface area contributed by atoms with Crippen LogP contribution in [0.5, 0.6) is 5.75 Å². The van der Waals surface area contributed by atoms with Gasteiger partial charge >= 0.3 is 0 Å². The largest absolute Gasteiger partial charge is 0.488 e. The molecule has 190 valence electrons. The van der Waals surface area contributed by atoms with Crippen molar-refractivity contribution in [1.29, 1.82) is 0 Å². The second-order valence-corrected chi connectivity index (χ2v) is 9.84. The second kappa shape index (κ2) is 12.1. The molecule has 0 unspecified atom stereocenters. The SMILES string of the molecule is COCCCN(CC(=O)N1CCc2sccc2[C@H]1COc1ccccc1F)C(=O)c1cccc(C)c1. The van der Waals surface area contributed by atoms with Gasteiger partial charge in [-0.3, -0.25) is 9.59 Å². The number of methoxy groups -OCH3 is 1. The van der Waals surface area contributed by atoms with Gasteiger partial charge in [-0.25, -0.2) is 4.39 Å². The molecule has 0 saturated heterocycles. The molecule has 0 bridgehead atoms. The number of halogens is 1. The normalized spacial score (nSPS) is 14.9. The molecule has 3 aromatic rings. The van der Waals surface area contributed by atoms with E-state index in [4.69, 9.17) is 9.47 Å². The molecule has 0 saturated carbocycles. The number of carbonyl (C=O) groups excluding carboxylic acids is 2. The van der Waals surface area contributed by atoms with Gasteiger partial charge in [0.15, 0.2) is 11.6 Å². The van der Waals surface area contributed by atoms with Crippen LogP contribution in [0, 0.1) is 12.7 Å². The number of thiophene rings is 1. The van der Waals surface area contributed by atoms with E-state index >= 15 is 0 Å². The number of rotatable bonds is 10. The summed E-state index contributed by atoms with van der Waals surface area (Å²) in [5.74, 6) is -0.629. The molecule has 0 fully saturated rings. The number of para-hydroxylation sites is 1. The van der Waals surface area contributed by atoms with Crippen molar-refractivity contribution >= 4 is 23.2 Å². The summed E-state index contributed by atoms with van der Waals surface area (Å²) in [7, 11) is 1.62. The molecule has 4 rings (SSSR count). The van der Waals surface area contributed by atoms with Crippen LogP contribution in [0.1, 0.15) is 38.8 Å². The smallest absolute Gasteiger partial charge is 0.254 e. The van der Waals surface area contributed by atoms with Crippen molar-refractivity contribution in [2.75, 3.05) is 40.0 Å². The van der Waals surface area contributed by atoms with E-state index in [-0.39, 0.29) is 36.8 Å². The number of amides is 2. The number of fused-ring (bicyclic) bond motifs is 1. The van der Waals surface area contributed by atoms with Crippen LogP contribution in [-0.2, 0) is 16.0 Å². The fourth-order valence-corrected chi connectivity index (χ4v) is 5.40. The Balaban J connectivity index is 1.53. The zero-order valence-electron chi connectivity index (χ0n) is 20.6. The molecule has 1 aliphatic rings. The molecule has 2 amide bonds. The van der Waals surface area contributed by atoms with E-state index in [1.165, 1.54) is 10.9 Å². The van der Waals surface area contributed by atoms with Crippen molar-refractivity contribution in [1.82, 2.24) is 9.80 Å². The van der Waals surface area contributed by atoms with Crippen molar-refractivity contribution in [3.8, 4) is 5.75 Å². The lowest BCUT2D eigenvalue weighted by atomic mass is 10.00. The second-order valence-electron chi connectivity index (χ2n) is 8.84. The fourth-order valence-electron chi connectivity index (χ4n) is 4.47. The molecular weight excluding hydrogens is 479 g/mol. The molecule has 0 aliphatic carbocycles. The highest BCUT2D eigenvalue weighted by atomic mass is 32.1. The van der Waals surface area contributed by atoms with E-state index in [1.807, 2.05) is 36.6 Å². The molecule has 1 atom stereocenters. The van der Waals surface area contributed by atoms with Crippen molar-refractivity contribution < 1.29 is 23.5 Å². The van der Waals surface area contributed by atoms with Crippen LogP contribution in [0.4, 0.5) is 4.39 Å². The maximum atomic E-state index is 14.2. The van der Waals surface area contributed by atoms with E-state index in [1.54, 1.807) is 52.5 Å². The molecule has 0 radical (unpaired) electrons. The number of carbonyl (C=O) groups is 2. The third kappa shape index (κ3) is 6.12. The van der Waals surface area contributed by atoms with Crippen LogP contribution in [0.25, 0.3) is 0 Å². The summed E-state index contributed by atoms with van der Waals surface area (Å²) in [5.41, 5.74) is 2.56. The quantitative estimate of drug-likeness (QED) is 0.365. The lowest BCUT2D eigenvalue weighted by Gasteiger charge is -2.37. The van der Waals surface area contributed by atoms with Crippen LogP contribution in [0.3, 0.4) is 0 Å². The molecule has 0 spiro atoms. The molecule has 36 heavy (non-hydrogen) atoms. The van der Waals surface area contributed by atoms with Gasteiger partial charge in [0.05, 0.1) is 6.04 Å². The van der Waals surface area contributed by atoms with E-state index in [2.05, 4.69) is 0 Å². The summed E-state index contributed by atoms with van der Waals surface area (Å²) < 4.78 is 25.2. The van der Waals surface area contributed by atoms with Gasteiger partial charge in [-0.1, -0.05) is 29.8 Å². The number of hydrogen-bond acceptors (Lipinski definition) is 5. The third-order valence-electron chi connectivity index (χ3n) is 6.30. The van der Waals surface area contributed by atoms with Crippen LogP contribution in [-0.4, -0.2) is 61.6 Å². The highest BCUT2D eigenvalue weighted by Gasteiger charge is 2.33. The lowest BCUT2D eigenvalue weighted by molar-refractivity contribution is -0.135. The van der Waals surface area contributed by atoms with E-state index in [0.717, 1.165) is 17.5 Å². The third-order valence-corrected chi connectivity index (χ3v) is 7.30. The molecular formula is C28H31FN2O4S. The van der Waals surface area contributed by atoms with E-state index in [0.29, 0.717) is 31.7 Å². The zero-order valence-corrected chi connectivity index (χ0v) is 21.4. The number of aryl methyl sites for hydroxylation is 1. The predicted molar refractivity (Wildman–Crippen MR) is 138 cm³/mol. The Bertz CT molecular complexity index is 1200. The topological polar surface area (TPSA) is 59.1 Å². The molecule has 1 aromatic heterocycles. The van der Waals surface area contributed by atoms with Crippen LogP contribution >= 0.6 is 11.3 Å². The number of hydrogen-bond donors (Lipinski definition) is 0. The zero-order chi connectivity index (χ0) is 25.5. The number of nitrogens with zero attached hydrogens (tertiary/aromatic N) is 2. The summed E-state index contributed by atoms with van der Waals surface area (Å²) in [5, 5.41) is 2.01. The highest BCUT2D eigenvalue weighted by Crippen LogP contribution is 2.34. The Morgan fingerprint density at radius 3 is 2.78 bits per heavy atom. The van der Waals surface area contributed by atoms with E-state index in [9.17, 15) is 14.0 Å². The van der Waals surface area contributed by atoms with Gasteiger partial charge in [0, 0.05) is 37.2 Å². The van der Waals surface area contributed by atoms with Gasteiger partial charge in [0.1, 0.15) is 13.2 Å². The van der Waals surface area contributed by atoms with Gasteiger partial charge < -0.3 is 19.3 Å². The maximum Gasteiger partial charge on any atom is 0.254 e. The van der Waals surface area contributed by atoms with Gasteiger partial charge in [-0.05, 0) is 61.0 Å². The van der Waals surface area contributed by atoms with E-state index < -0.39 is 5.82 Å². The Kier molecular flexibility index (Phi) is 8.72. The Morgan fingerprint density at radius 1 is 1.17 bits per heavy atom. The van der Waals surface area contributed by atoms with Crippen molar-refractivity contribution in [2.45, 2.75) is 25.8 Å². The van der Waals surface area contributed by atoms with Gasteiger partial charge in [0.25, 0.3) is 5.91 Å². The standard InChI is InChI=1S/C28H31FN2O4S/c1-20-7-5-8-21(17-20)28(33)30(13-6-15-34-2)18-27(32)31-14-11-26-22(12-16-36-26)24(31)19-35-25-10-4-3-9-23(25)29/h3-5,7-10,12,16-17,24H,6,11,13-15,18-19H2,1-2H3/t24-/m1/s1. The van der Waals surface area contributed by atoms with Crippen molar-refractivity contribution in [3.05, 3.63) is 87.4 Å². The minimum Gasteiger partial charge on any atom is -0.488 e. The first-order chi connectivity index (χ1) is 17.5. The first-order valence-corrected chi connectivity index (χ1v) is 12.9. The average molecular weight is 511 g/mol. The number of ether oxygens (including phenoxy) is 2. The highest BCUT2D eigenvalue weighted by molar-refractivity contribution is 7.10. The van der Waals surface area contributed by atoms with Crippen molar-refractivity contribution in [3.63, 3.8) is 0 Å². The van der Waals surface area contributed by atoms with Gasteiger partial charge in [-0.2, -0.15) is 0 Å². The van der Waals surface area contributed by atoms with Gasteiger partial charge in [0.2, 0.25) is 5.91 Å². The Morgan fingerprint density at radius 2 is 2.00 bits per heavy atom. The van der Waals surface area contributed by atoms with Gasteiger partial charge in [-0.15, -0.1) is 11.3 Å². The van der Waals surface area contributed by atoms with Crippen LogP contribution < -0.4 is 4.74 Å². The summed E-state index contributed by atoms with van der Waals surface area (Å²) in [6.07, 6.45) is 1.36. The van der Waals surface area contributed by atoms with Crippen LogP contribution in [0.15, 0.2) is 60.0 Å². The molecule has 8 heteroatoms. The van der Waals surface area contributed by atoms with Crippen molar-refractivity contribution in [2.24, 2.45) is 0 Å². The summed E-state index contributed by atoms with van der Waals surface area (Å²) in [6.45, 7) is 3.43. The first kappa shape index (κ1) is 25.9. The Labute approximate surface area is 215 Å². The lowest BCUT2D eigenvalue weighted by Crippen LogP contribution is -2.48. The molecule has 0 N–H and O–H groups in total. The molecule has 2 heterocycles. The first-order valence-electron chi connectivity index (χ1n) is 12.1. The predicted octanol–water partition coefficient (Wildman–Crippen LogP) is 4.88. The van der Waals surface area contributed by atoms with Crippen LogP contribution in [0.2, 0.25) is 0 Å². The fraction of sp³-hybridized carbons (Fsp3) is 0.357. The minimum atomic E-state index is -0.440. The maximum absolute atomic E-state index is 14.2. The summed E-state index contributed by atoms with van der Waals surface area (Å²) in [6, 6.07) is 15.3. The molecule has 2 aromatic carbocycles. The molecule has 6 nitrogen and oxygen atoms in total. The summed E-state index contributed by atoms with van der Waals surface area (Å²) >= 11 is 1.65. The summed E-state index contributed by atoms with van der Waals surface area (Å²) in [4.78, 5) is 31.5. The number of benzene rings is 2. The monoisotopic (exact) mass is 510 g/mol.